The van der Waals surface area contributed by atoms with Gasteiger partial charge in [0.1, 0.15) is 0 Å². The van der Waals surface area contributed by atoms with E-state index in [0.717, 1.165) is 30.9 Å². The fraction of sp³-hybridized carbons (Fsp3) is 0.643. The van der Waals surface area contributed by atoms with E-state index in [1.807, 2.05) is 32.0 Å². The van der Waals surface area contributed by atoms with Crippen LogP contribution in [0.3, 0.4) is 0 Å². The summed E-state index contributed by atoms with van der Waals surface area (Å²) < 4.78 is 0. The number of aryl methyl sites for hydroxylation is 1. The predicted molar refractivity (Wildman–Crippen MR) is 74.2 cm³/mol. The lowest BCUT2D eigenvalue weighted by molar-refractivity contribution is 0.100. The Morgan fingerprint density at radius 1 is 1.39 bits per heavy atom. The van der Waals surface area contributed by atoms with Gasteiger partial charge in [0.05, 0.1) is 12.3 Å². The highest BCUT2D eigenvalue weighted by molar-refractivity contribution is 5.10. The number of hydrogen-bond acceptors (Lipinski definition) is 4. The van der Waals surface area contributed by atoms with Crippen LogP contribution < -0.4 is 5.73 Å². The summed E-state index contributed by atoms with van der Waals surface area (Å²) in [5, 5.41) is 9.52. The quantitative estimate of drug-likeness (QED) is 0.767. The van der Waals surface area contributed by atoms with Gasteiger partial charge in [-0.3, -0.25) is 9.88 Å². The van der Waals surface area contributed by atoms with Crippen LogP contribution in [-0.2, 0) is 6.54 Å². The van der Waals surface area contributed by atoms with Crippen LogP contribution in [0.2, 0.25) is 0 Å². The highest BCUT2D eigenvalue weighted by Gasteiger charge is 2.22. The Balaban J connectivity index is 2.76. The van der Waals surface area contributed by atoms with Crippen LogP contribution in [0.5, 0.6) is 0 Å². The van der Waals surface area contributed by atoms with E-state index in [1.165, 1.54) is 0 Å². The lowest BCUT2D eigenvalue weighted by atomic mass is 10.1. The van der Waals surface area contributed by atoms with E-state index in [4.69, 9.17) is 5.73 Å². The van der Waals surface area contributed by atoms with Crippen LogP contribution >= 0.6 is 0 Å². The molecule has 0 radical (unpaired) electrons. The first-order chi connectivity index (χ1) is 8.62. The van der Waals surface area contributed by atoms with Gasteiger partial charge >= 0.3 is 0 Å². The molecule has 4 nitrogen and oxygen atoms in total. The van der Waals surface area contributed by atoms with Crippen molar-refractivity contribution in [2.24, 2.45) is 5.73 Å². The number of likely N-dealkylation sites (N-methyl/N-ethyl adjacent to an activating group) is 1. The molecule has 0 aliphatic heterocycles. The highest BCUT2D eigenvalue weighted by Crippen LogP contribution is 2.10. The van der Waals surface area contributed by atoms with E-state index < -0.39 is 0 Å². The monoisotopic (exact) mass is 251 g/mol. The van der Waals surface area contributed by atoms with Crippen molar-refractivity contribution in [3.63, 3.8) is 0 Å². The van der Waals surface area contributed by atoms with Gasteiger partial charge in [0, 0.05) is 24.3 Å². The van der Waals surface area contributed by atoms with E-state index >= 15 is 0 Å². The summed E-state index contributed by atoms with van der Waals surface area (Å²) in [6.07, 6.45) is 0.864. The third-order valence-electron chi connectivity index (χ3n) is 3.34. The molecule has 0 aliphatic rings. The van der Waals surface area contributed by atoms with Crippen LogP contribution in [0, 0.1) is 6.92 Å². The summed E-state index contributed by atoms with van der Waals surface area (Å²) >= 11 is 0. The fourth-order valence-electron chi connectivity index (χ4n) is 2.15. The Morgan fingerprint density at radius 3 is 2.61 bits per heavy atom. The second-order valence-electron chi connectivity index (χ2n) is 4.66. The molecule has 18 heavy (non-hydrogen) atoms. The molecule has 4 heteroatoms. The molecule has 3 N–H and O–H groups in total. The smallest absolute Gasteiger partial charge is 0.0602 e. The van der Waals surface area contributed by atoms with E-state index in [1.54, 1.807) is 0 Å². The van der Waals surface area contributed by atoms with Crippen LogP contribution in [0.15, 0.2) is 18.2 Å². The minimum absolute atomic E-state index is 0.000223. The molecule has 0 saturated heterocycles. The molecule has 0 spiro atoms. The van der Waals surface area contributed by atoms with Crippen LogP contribution in [0.25, 0.3) is 0 Å². The van der Waals surface area contributed by atoms with E-state index in [-0.39, 0.29) is 18.7 Å². The number of nitrogens with zero attached hydrogens (tertiary/aromatic N) is 2. The molecule has 2 atom stereocenters. The van der Waals surface area contributed by atoms with Gasteiger partial charge in [-0.15, -0.1) is 0 Å². The van der Waals surface area contributed by atoms with Crippen LogP contribution in [0.4, 0.5) is 0 Å². The average Bonchev–Trinajstić information content (AvgIpc) is 2.38. The maximum Gasteiger partial charge on any atom is 0.0602 e. The average molecular weight is 251 g/mol. The summed E-state index contributed by atoms with van der Waals surface area (Å²) in [6, 6.07) is 6.02. The SMILES string of the molecule is CCC(N)C(CO)N(CC)Cc1cccc(C)n1. The van der Waals surface area contributed by atoms with Crippen molar-refractivity contribution in [1.82, 2.24) is 9.88 Å². The van der Waals surface area contributed by atoms with E-state index in [2.05, 4.69) is 16.8 Å². The van der Waals surface area contributed by atoms with Gasteiger partial charge in [0.2, 0.25) is 0 Å². The third-order valence-corrected chi connectivity index (χ3v) is 3.34. The van der Waals surface area contributed by atoms with Gasteiger partial charge in [-0.05, 0) is 32.0 Å². The van der Waals surface area contributed by atoms with Gasteiger partial charge in [-0.25, -0.2) is 0 Å². The Morgan fingerprint density at radius 2 is 2.11 bits per heavy atom. The van der Waals surface area contributed by atoms with Gasteiger partial charge in [0.25, 0.3) is 0 Å². The predicted octanol–water partition coefficient (Wildman–Crippen LogP) is 1.31. The van der Waals surface area contributed by atoms with Gasteiger partial charge < -0.3 is 10.8 Å². The second-order valence-corrected chi connectivity index (χ2v) is 4.66. The first-order valence-electron chi connectivity index (χ1n) is 6.65. The number of aromatic nitrogens is 1. The Labute approximate surface area is 110 Å². The molecule has 102 valence electrons. The normalized spacial score (nSPS) is 14.8. The Kier molecular flexibility index (Phi) is 6.25. The summed E-state index contributed by atoms with van der Waals surface area (Å²) in [5.74, 6) is 0. The topological polar surface area (TPSA) is 62.4 Å². The first-order valence-corrected chi connectivity index (χ1v) is 6.65. The number of hydrogen-bond donors (Lipinski definition) is 2. The summed E-state index contributed by atoms with van der Waals surface area (Å²) in [5.41, 5.74) is 8.11. The fourth-order valence-corrected chi connectivity index (χ4v) is 2.15. The number of nitrogens with two attached hydrogens (primary N) is 1. The third kappa shape index (κ3) is 4.05. The molecule has 0 fully saturated rings. The first kappa shape index (κ1) is 15.1. The molecule has 2 unspecified atom stereocenters. The largest absolute Gasteiger partial charge is 0.395 e. The minimum atomic E-state index is -0.000223. The molecule has 0 amide bonds. The number of aliphatic hydroxyl groups is 1. The molecule has 1 aromatic heterocycles. The van der Waals surface area contributed by atoms with Gasteiger partial charge in [-0.1, -0.05) is 19.9 Å². The molecule has 0 saturated carbocycles. The molecule has 0 aliphatic carbocycles. The van der Waals surface area contributed by atoms with E-state index in [0.29, 0.717) is 0 Å². The van der Waals surface area contributed by atoms with Crippen molar-refractivity contribution in [1.29, 1.82) is 0 Å². The van der Waals surface area contributed by atoms with Crippen LogP contribution in [0.1, 0.15) is 31.7 Å². The minimum Gasteiger partial charge on any atom is -0.395 e. The lowest BCUT2D eigenvalue weighted by Gasteiger charge is -2.33. The summed E-state index contributed by atoms with van der Waals surface area (Å²) in [7, 11) is 0. The van der Waals surface area contributed by atoms with Crippen molar-refractivity contribution in [2.75, 3.05) is 13.2 Å². The summed E-state index contributed by atoms with van der Waals surface area (Å²) in [6.45, 7) is 7.80. The molecule has 1 rings (SSSR count). The Hall–Kier alpha value is -0.970. The molecular weight excluding hydrogens is 226 g/mol. The zero-order valence-corrected chi connectivity index (χ0v) is 11.6. The maximum absolute atomic E-state index is 9.52. The second kappa shape index (κ2) is 7.46. The summed E-state index contributed by atoms with van der Waals surface area (Å²) in [4.78, 5) is 6.69. The van der Waals surface area contributed by atoms with Crippen molar-refractivity contribution in [2.45, 2.75) is 45.8 Å². The molecule has 0 aromatic carbocycles. The molecule has 0 bridgehead atoms. The number of rotatable bonds is 7. The lowest BCUT2D eigenvalue weighted by Crippen LogP contribution is -2.49. The van der Waals surface area contributed by atoms with E-state index in [9.17, 15) is 5.11 Å². The van der Waals surface area contributed by atoms with Crippen molar-refractivity contribution in [3.05, 3.63) is 29.6 Å². The highest BCUT2D eigenvalue weighted by atomic mass is 16.3. The zero-order valence-electron chi connectivity index (χ0n) is 11.6. The van der Waals surface area contributed by atoms with Crippen molar-refractivity contribution >= 4 is 0 Å². The zero-order chi connectivity index (χ0) is 13.5. The number of aliphatic hydroxyl groups excluding tert-OH is 1. The maximum atomic E-state index is 9.52. The van der Waals surface area contributed by atoms with Crippen LogP contribution in [-0.4, -0.2) is 40.2 Å². The van der Waals surface area contributed by atoms with Crippen molar-refractivity contribution in [3.8, 4) is 0 Å². The van der Waals surface area contributed by atoms with Crippen molar-refractivity contribution < 1.29 is 5.11 Å². The number of pyridine rings is 1. The molecular formula is C14H25N3O. The van der Waals surface area contributed by atoms with Gasteiger partial charge in [-0.2, -0.15) is 0 Å². The molecule has 1 aromatic rings. The van der Waals surface area contributed by atoms with Gasteiger partial charge in [0.15, 0.2) is 0 Å². The Bertz CT molecular complexity index is 357. The molecule has 1 heterocycles. The standard InChI is InChI=1S/C14H25N3O/c1-4-13(15)14(10-18)17(5-2)9-12-8-6-7-11(3)16-12/h6-8,13-14,18H,4-5,9-10,15H2,1-3H3.